The predicted octanol–water partition coefficient (Wildman–Crippen LogP) is 4.59. The number of hydrogen-bond acceptors (Lipinski definition) is 5. The zero-order valence-electron chi connectivity index (χ0n) is 20.3. The minimum atomic E-state index is -0.194. The Balaban J connectivity index is 1.33. The number of nitrogens with one attached hydrogen (secondary N) is 3. The molecule has 8 heteroatoms. The lowest BCUT2D eigenvalue weighted by atomic mass is 10.0. The van der Waals surface area contributed by atoms with Gasteiger partial charge in [0.2, 0.25) is 5.91 Å². The van der Waals surface area contributed by atoms with Crippen LogP contribution in [0.5, 0.6) is 5.75 Å². The van der Waals surface area contributed by atoms with Crippen molar-refractivity contribution in [1.29, 1.82) is 0 Å². The summed E-state index contributed by atoms with van der Waals surface area (Å²) in [6.07, 6.45) is 4.13. The quantitative estimate of drug-likeness (QED) is 0.331. The van der Waals surface area contributed by atoms with E-state index >= 15 is 0 Å². The van der Waals surface area contributed by atoms with Gasteiger partial charge in [0.1, 0.15) is 11.9 Å². The molecule has 6 rings (SSSR count). The molecule has 0 radical (unpaired) electrons. The molecule has 1 amide bonds. The fourth-order valence-corrected chi connectivity index (χ4v) is 5.49. The third-order valence-corrected chi connectivity index (χ3v) is 7.42. The van der Waals surface area contributed by atoms with Crippen molar-refractivity contribution >= 4 is 45.5 Å². The van der Waals surface area contributed by atoms with Crippen molar-refractivity contribution in [2.24, 2.45) is 0 Å². The molecule has 0 spiro atoms. The van der Waals surface area contributed by atoms with Crippen LogP contribution in [0, 0.1) is 0 Å². The van der Waals surface area contributed by atoms with E-state index in [9.17, 15) is 4.79 Å². The summed E-state index contributed by atoms with van der Waals surface area (Å²) in [5.74, 6) is 0.693. The van der Waals surface area contributed by atoms with Crippen LogP contribution in [0.2, 0.25) is 0 Å². The van der Waals surface area contributed by atoms with Gasteiger partial charge in [-0.2, -0.15) is 0 Å². The molecule has 0 saturated carbocycles. The SMILES string of the molecule is COc1ccc(N2C(=O)C[C@@H](C3NC=C(c4ccccc4)N3)N(Cc3c[nH]c4ccccc34)C2=S)cc1. The Morgan fingerprint density at radius 1 is 1.00 bits per heavy atom. The van der Waals surface area contributed by atoms with Crippen molar-refractivity contribution in [2.45, 2.75) is 25.2 Å². The summed E-state index contributed by atoms with van der Waals surface area (Å²) in [6, 6.07) is 25.6. The smallest absolute Gasteiger partial charge is 0.235 e. The van der Waals surface area contributed by atoms with Crippen LogP contribution in [0.15, 0.2) is 91.3 Å². The standard InChI is InChI=1S/C29H27N5O2S/c1-36-22-13-11-21(12-14-22)34-27(35)15-26(28-31-17-25(32-28)19-7-3-2-4-8-19)33(29(34)37)18-20-16-30-24-10-6-5-9-23(20)24/h2-14,16-17,26,28,30-32H,15,18H2,1H3/t26-,28?/m0/s1. The average molecular weight is 510 g/mol. The van der Waals surface area contributed by atoms with Crippen LogP contribution >= 0.6 is 12.2 Å². The topological polar surface area (TPSA) is 72.6 Å². The number of carbonyl (C=O) groups is 1. The van der Waals surface area contributed by atoms with Gasteiger partial charge in [-0.25, -0.2) is 0 Å². The van der Waals surface area contributed by atoms with Crippen molar-refractivity contribution in [1.82, 2.24) is 20.5 Å². The second kappa shape index (κ2) is 9.63. The molecule has 0 bridgehead atoms. The van der Waals surface area contributed by atoms with E-state index in [1.807, 2.05) is 67.0 Å². The van der Waals surface area contributed by atoms with E-state index in [0.717, 1.165) is 39.2 Å². The van der Waals surface area contributed by atoms with Crippen LogP contribution < -0.4 is 20.3 Å². The largest absolute Gasteiger partial charge is 0.497 e. The first-order chi connectivity index (χ1) is 18.1. The molecule has 2 aliphatic rings. The Morgan fingerprint density at radius 3 is 2.54 bits per heavy atom. The van der Waals surface area contributed by atoms with Gasteiger partial charge in [-0.1, -0.05) is 48.5 Å². The van der Waals surface area contributed by atoms with Crippen LogP contribution in [0.1, 0.15) is 17.5 Å². The maximum absolute atomic E-state index is 13.5. The third kappa shape index (κ3) is 4.29. The number of aromatic amines is 1. The minimum absolute atomic E-state index is 0.0351. The van der Waals surface area contributed by atoms with E-state index in [2.05, 4.69) is 44.8 Å². The molecule has 186 valence electrons. The highest BCUT2D eigenvalue weighted by Crippen LogP contribution is 2.31. The van der Waals surface area contributed by atoms with Gasteiger partial charge < -0.3 is 25.3 Å². The van der Waals surface area contributed by atoms with Gasteiger partial charge in [-0.3, -0.25) is 9.69 Å². The normalized spacial score (nSPS) is 19.5. The van der Waals surface area contributed by atoms with E-state index in [4.69, 9.17) is 17.0 Å². The number of para-hydroxylation sites is 1. The Labute approximate surface area is 220 Å². The lowest BCUT2D eigenvalue weighted by Crippen LogP contribution is -2.63. The lowest BCUT2D eigenvalue weighted by Gasteiger charge is -2.45. The van der Waals surface area contributed by atoms with E-state index in [0.29, 0.717) is 18.1 Å². The minimum Gasteiger partial charge on any atom is -0.497 e. The number of H-pyrrole nitrogens is 1. The molecule has 3 aromatic carbocycles. The highest BCUT2D eigenvalue weighted by atomic mass is 32.1. The molecular formula is C29H27N5O2S. The number of fused-ring (bicyclic) bond motifs is 1. The molecule has 1 fully saturated rings. The van der Waals surface area contributed by atoms with Crippen LogP contribution in [0.3, 0.4) is 0 Å². The zero-order valence-corrected chi connectivity index (χ0v) is 21.2. The number of anilines is 1. The lowest BCUT2D eigenvalue weighted by molar-refractivity contribution is -0.120. The monoisotopic (exact) mass is 509 g/mol. The molecular weight excluding hydrogens is 482 g/mol. The summed E-state index contributed by atoms with van der Waals surface area (Å²) in [4.78, 5) is 20.7. The van der Waals surface area contributed by atoms with Crippen LogP contribution in [-0.2, 0) is 11.3 Å². The Bertz CT molecular complexity index is 1480. The highest BCUT2D eigenvalue weighted by Gasteiger charge is 2.42. The summed E-state index contributed by atoms with van der Waals surface area (Å²) in [7, 11) is 1.62. The fourth-order valence-electron chi connectivity index (χ4n) is 5.09. The third-order valence-electron chi connectivity index (χ3n) is 7.00. The number of ether oxygens (including phenoxy) is 1. The molecule has 7 nitrogen and oxygen atoms in total. The number of nitrogens with zero attached hydrogens (tertiary/aromatic N) is 2. The summed E-state index contributed by atoms with van der Waals surface area (Å²) < 4.78 is 5.30. The summed E-state index contributed by atoms with van der Waals surface area (Å²) in [5.41, 5.74) is 5.01. The molecule has 37 heavy (non-hydrogen) atoms. The summed E-state index contributed by atoms with van der Waals surface area (Å²) in [5, 5.41) is 8.68. The number of carbonyl (C=O) groups excluding carboxylic acids is 1. The van der Waals surface area contributed by atoms with Crippen LogP contribution in [-0.4, -0.2) is 40.2 Å². The second-order valence-electron chi connectivity index (χ2n) is 9.18. The van der Waals surface area contributed by atoms with Crippen molar-refractivity contribution in [3.05, 3.63) is 102 Å². The molecule has 2 aliphatic heterocycles. The molecule has 2 atom stereocenters. The van der Waals surface area contributed by atoms with Crippen molar-refractivity contribution in [3.63, 3.8) is 0 Å². The predicted molar refractivity (Wildman–Crippen MR) is 150 cm³/mol. The zero-order chi connectivity index (χ0) is 25.4. The number of thiocarbonyl (C=S) groups is 1. The van der Waals surface area contributed by atoms with Gasteiger partial charge in [0.05, 0.1) is 31.0 Å². The van der Waals surface area contributed by atoms with Gasteiger partial charge in [0.15, 0.2) is 5.11 Å². The molecule has 1 unspecified atom stereocenters. The number of amides is 1. The van der Waals surface area contributed by atoms with Crippen molar-refractivity contribution in [3.8, 4) is 5.75 Å². The number of hydrogen-bond donors (Lipinski definition) is 3. The van der Waals surface area contributed by atoms with Crippen LogP contribution in [0.4, 0.5) is 5.69 Å². The van der Waals surface area contributed by atoms with Gasteiger partial charge >= 0.3 is 0 Å². The number of benzene rings is 3. The van der Waals surface area contributed by atoms with Gasteiger partial charge in [-0.15, -0.1) is 0 Å². The van der Waals surface area contributed by atoms with Gasteiger partial charge in [0, 0.05) is 29.8 Å². The van der Waals surface area contributed by atoms with Gasteiger partial charge in [-0.05, 0) is 53.7 Å². The Hall–Kier alpha value is -4.30. The number of rotatable bonds is 6. The van der Waals surface area contributed by atoms with E-state index in [-0.39, 0.29) is 18.1 Å². The second-order valence-corrected chi connectivity index (χ2v) is 9.55. The maximum atomic E-state index is 13.5. The van der Waals surface area contributed by atoms with Crippen molar-refractivity contribution in [2.75, 3.05) is 12.0 Å². The van der Waals surface area contributed by atoms with Crippen LogP contribution in [0.25, 0.3) is 16.6 Å². The highest BCUT2D eigenvalue weighted by molar-refractivity contribution is 7.80. The Kier molecular flexibility index (Phi) is 6.02. The van der Waals surface area contributed by atoms with E-state index in [1.54, 1.807) is 12.0 Å². The molecule has 1 saturated heterocycles. The first-order valence-electron chi connectivity index (χ1n) is 12.2. The molecule has 0 aliphatic carbocycles. The Morgan fingerprint density at radius 2 is 1.76 bits per heavy atom. The molecule has 3 heterocycles. The maximum Gasteiger partial charge on any atom is 0.235 e. The fraction of sp³-hybridized carbons (Fsp3) is 0.172. The number of aromatic nitrogens is 1. The molecule has 3 N–H and O–H groups in total. The first kappa shape index (κ1) is 23.1. The number of methoxy groups -OCH3 is 1. The summed E-state index contributed by atoms with van der Waals surface area (Å²) >= 11 is 6.02. The first-order valence-corrected chi connectivity index (χ1v) is 12.6. The van der Waals surface area contributed by atoms with Crippen molar-refractivity contribution < 1.29 is 9.53 Å². The summed E-state index contributed by atoms with van der Waals surface area (Å²) in [6.45, 7) is 0.563. The molecule has 1 aromatic heterocycles. The average Bonchev–Trinajstić information content (AvgIpc) is 3.59. The molecule has 4 aromatic rings. The van der Waals surface area contributed by atoms with Gasteiger partial charge in [0.25, 0.3) is 0 Å². The van der Waals surface area contributed by atoms with E-state index in [1.165, 1.54) is 0 Å². The van der Waals surface area contributed by atoms with E-state index < -0.39 is 0 Å².